The third kappa shape index (κ3) is 4.64. The zero-order valence-electron chi connectivity index (χ0n) is 18.7. The summed E-state index contributed by atoms with van der Waals surface area (Å²) in [6.45, 7) is 5.44. The normalized spacial score (nSPS) is 13.6. The molecule has 1 fully saturated rings. The summed E-state index contributed by atoms with van der Waals surface area (Å²) in [5.41, 5.74) is 1.69. The minimum Gasteiger partial charge on any atom is -0.495 e. The summed E-state index contributed by atoms with van der Waals surface area (Å²) in [6.07, 6.45) is 1.52. The third-order valence-corrected chi connectivity index (χ3v) is 6.32. The Labute approximate surface area is 199 Å². The Morgan fingerprint density at radius 1 is 1.24 bits per heavy atom. The van der Waals surface area contributed by atoms with Crippen LogP contribution < -0.4 is 15.6 Å². The van der Waals surface area contributed by atoms with Crippen LogP contribution in [0.15, 0.2) is 45.8 Å². The van der Waals surface area contributed by atoms with E-state index in [2.05, 4.69) is 33.2 Å². The van der Waals surface area contributed by atoms with Crippen LogP contribution in [-0.4, -0.2) is 46.5 Å². The van der Waals surface area contributed by atoms with Crippen molar-refractivity contribution in [3.8, 4) is 5.75 Å². The SMILES string of the molecule is COc1c(Br)cnc2c1cc(C(=O)NCc1ccc(C)cc1)c(=O)n2CC(=O)N1CC(C)C1. The Balaban J connectivity index is 1.72. The third-order valence-electron chi connectivity index (χ3n) is 5.76. The molecule has 8 nitrogen and oxygen atoms in total. The molecule has 1 aliphatic rings. The van der Waals surface area contributed by atoms with Gasteiger partial charge in [-0.2, -0.15) is 0 Å². The molecule has 0 unspecified atom stereocenters. The van der Waals surface area contributed by atoms with E-state index < -0.39 is 11.5 Å². The van der Waals surface area contributed by atoms with Crippen molar-refractivity contribution in [2.24, 2.45) is 5.92 Å². The molecule has 2 amide bonds. The quantitative estimate of drug-likeness (QED) is 0.547. The molecule has 0 atom stereocenters. The predicted octanol–water partition coefficient (Wildman–Crippen LogP) is 2.88. The van der Waals surface area contributed by atoms with Crippen molar-refractivity contribution in [3.63, 3.8) is 0 Å². The van der Waals surface area contributed by atoms with E-state index in [1.54, 1.807) is 4.90 Å². The Morgan fingerprint density at radius 2 is 1.94 bits per heavy atom. The number of aromatic nitrogens is 2. The van der Waals surface area contributed by atoms with Gasteiger partial charge in [-0.05, 0) is 40.4 Å². The molecule has 3 heterocycles. The number of likely N-dealkylation sites (tertiary alicyclic amines) is 1. The number of amides is 2. The van der Waals surface area contributed by atoms with Crippen LogP contribution in [0.4, 0.5) is 0 Å². The molecule has 0 bridgehead atoms. The van der Waals surface area contributed by atoms with Crippen molar-refractivity contribution >= 4 is 38.8 Å². The minimum atomic E-state index is -0.567. The number of fused-ring (bicyclic) bond motifs is 1. The largest absolute Gasteiger partial charge is 0.495 e. The topological polar surface area (TPSA) is 93.5 Å². The van der Waals surface area contributed by atoms with Gasteiger partial charge in [-0.15, -0.1) is 0 Å². The lowest BCUT2D eigenvalue weighted by Gasteiger charge is -2.37. The van der Waals surface area contributed by atoms with E-state index in [9.17, 15) is 14.4 Å². The first-order chi connectivity index (χ1) is 15.8. The van der Waals surface area contributed by atoms with Gasteiger partial charge < -0.3 is 15.0 Å². The molecule has 172 valence electrons. The summed E-state index contributed by atoms with van der Waals surface area (Å²) in [5.74, 6) is 0.169. The van der Waals surface area contributed by atoms with Gasteiger partial charge in [-0.3, -0.25) is 19.0 Å². The molecular formula is C24H25BrN4O4. The van der Waals surface area contributed by atoms with E-state index in [1.165, 1.54) is 23.9 Å². The summed E-state index contributed by atoms with van der Waals surface area (Å²) in [6, 6.07) is 9.24. The van der Waals surface area contributed by atoms with Gasteiger partial charge in [0.2, 0.25) is 5.91 Å². The van der Waals surface area contributed by atoms with E-state index >= 15 is 0 Å². The molecule has 0 aliphatic carbocycles. The van der Waals surface area contributed by atoms with Gasteiger partial charge in [0.05, 0.1) is 17.0 Å². The maximum Gasteiger partial charge on any atom is 0.265 e. The van der Waals surface area contributed by atoms with Crippen molar-refractivity contribution in [2.75, 3.05) is 20.2 Å². The highest BCUT2D eigenvalue weighted by molar-refractivity contribution is 9.10. The Kier molecular flexibility index (Phi) is 6.51. The minimum absolute atomic E-state index is 0.0717. The first-order valence-electron chi connectivity index (χ1n) is 10.7. The highest BCUT2D eigenvalue weighted by Gasteiger charge is 2.28. The fraction of sp³-hybridized carbons (Fsp3) is 0.333. The molecule has 1 aliphatic heterocycles. The zero-order valence-corrected chi connectivity index (χ0v) is 20.3. The van der Waals surface area contributed by atoms with Crippen LogP contribution in [0.5, 0.6) is 5.75 Å². The zero-order chi connectivity index (χ0) is 23.7. The summed E-state index contributed by atoms with van der Waals surface area (Å²) < 4.78 is 7.34. The molecule has 1 aromatic carbocycles. The number of nitrogens with zero attached hydrogens (tertiary/aromatic N) is 3. The number of benzene rings is 1. The number of methoxy groups -OCH3 is 1. The van der Waals surface area contributed by atoms with Gasteiger partial charge in [0.25, 0.3) is 11.5 Å². The van der Waals surface area contributed by atoms with Crippen LogP contribution in [0, 0.1) is 12.8 Å². The molecule has 0 saturated carbocycles. The van der Waals surface area contributed by atoms with E-state index in [-0.39, 0.29) is 30.2 Å². The first-order valence-corrected chi connectivity index (χ1v) is 11.4. The molecule has 33 heavy (non-hydrogen) atoms. The van der Waals surface area contributed by atoms with Gasteiger partial charge >= 0.3 is 0 Å². The molecule has 3 aromatic rings. The number of pyridine rings is 2. The number of aryl methyl sites for hydroxylation is 1. The Hall–Kier alpha value is -3.20. The first kappa shape index (κ1) is 23.0. The maximum absolute atomic E-state index is 13.3. The van der Waals surface area contributed by atoms with Gasteiger partial charge in [0, 0.05) is 25.8 Å². The lowest BCUT2D eigenvalue weighted by atomic mass is 10.0. The van der Waals surface area contributed by atoms with Crippen LogP contribution in [0.2, 0.25) is 0 Å². The molecule has 2 aromatic heterocycles. The highest BCUT2D eigenvalue weighted by atomic mass is 79.9. The second-order valence-electron chi connectivity index (χ2n) is 8.40. The van der Waals surface area contributed by atoms with Crippen LogP contribution in [0.1, 0.15) is 28.4 Å². The average molecular weight is 513 g/mol. The van der Waals surface area contributed by atoms with E-state index in [4.69, 9.17) is 4.74 Å². The number of nitrogens with one attached hydrogen (secondary N) is 1. The van der Waals surface area contributed by atoms with Gasteiger partial charge in [0.15, 0.2) is 0 Å². The number of ether oxygens (including phenoxy) is 1. The second kappa shape index (κ2) is 9.35. The fourth-order valence-electron chi connectivity index (χ4n) is 3.91. The van der Waals surface area contributed by atoms with Crippen molar-refractivity contribution in [1.29, 1.82) is 0 Å². The lowest BCUT2D eigenvalue weighted by Crippen LogP contribution is -2.50. The lowest BCUT2D eigenvalue weighted by molar-refractivity contribution is -0.137. The van der Waals surface area contributed by atoms with Gasteiger partial charge in [-0.1, -0.05) is 36.8 Å². The van der Waals surface area contributed by atoms with Crippen molar-refractivity contribution < 1.29 is 14.3 Å². The van der Waals surface area contributed by atoms with Gasteiger partial charge in [0.1, 0.15) is 23.5 Å². The number of halogens is 1. The molecule has 0 spiro atoms. The summed E-state index contributed by atoms with van der Waals surface area (Å²) in [4.78, 5) is 45.2. The summed E-state index contributed by atoms with van der Waals surface area (Å²) in [5, 5.41) is 3.27. The Bertz CT molecular complexity index is 1280. The number of rotatable bonds is 6. The second-order valence-corrected chi connectivity index (χ2v) is 9.25. The van der Waals surface area contributed by atoms with E-state index in [0.717, 1.165) is 11.1 Å². The molecule has 1 saturated heterocycles. The Morgan fingerprint density at radius 3 is 2.58 bits per heavy atom. The smallest absolute Gasteiger partial charge is 0.265 e. The fourth-order valence-corrected chi connectivity index (χ4v) is 4.39. The van der Waals surface area contributed by atoms with Crippen molar-refractivity contribution in [1.82, 2.24) is 19.8 Å². The van der Waals surface area contributed by atoms with Gasteiger partial charge in [-0.25, -0.2) is 4.98 Å². The molecule has 0 radical (unpaired) electrons. The van der Waals surface area contributed by atoms with Crippen LogP contribution in [0.3, 0.4) is 0 Å². The van der Waals surface area contributed by atoms with Crippen molar-refractivity contribution in [2.45, 2.75) is 26.9 Å². The maximum atomic E-state index is 13.3. The molecular weight excluding hydrogens is 488 g/mol. The average Bonchev–Trinajstić information content (AvgIpc) is 2.77. The standard InChI is InChI=1S/C24H25BrN4O4/c1-14-4-6-16(7-5-14)9-27-23(31)18-8-17-21(33-3)19(25)10-26-22(17)29(24(18)32)13-20(30)28-11-15(2)12-28/h4-8,10,15H,9,11-13H2,1-3H3,(H,27,31). The number of carbonyl (C=O) groups excluding carboxylic acids is 2. The number of carbonyl (C=O) groups is 2. The van der Waals surface area contributed by atoms with Crippen LogP contribution >= 0.6 is 15.9 Å². The number of hydrogen-bond donors (Lipinski definition) is 1. The van der Waals surface area contributed by atoms with Crippen molar-refractivity contribution in [3.05, 3.63) is 68.0 Å². The summed E-state index contributed by atoms with van der Waals surface area (Å²) >= 11 is 3.40. The predicted molar refractivity (Wildman–Crippen MR) is 128 cm³/mol. The molecule has 4 rings (SSSR count). The molecule has 1 N–H and O–H groups in total. The summed E-state index contributed by atoms with van der Waals surface area (Å²) in [7, 11) is 1.50. The van der Waals surface area contributed by atoms with E-state index in [0.29, 0.717) is 34.6 Å². The molecule has 9 heteroatoms. The number of hydrogen-bond acceptors (Lipinski definition) is 5. The monoisotopic (exact) mass is 512 g/mol. The van der Waals surface area contributed by atoms with Crippen LogP contribution in [-0.2, 0) is 17.9 Å². The highest BCUT2D eigenvalue weighted by Crippen LogP contribution is 2.32. The van der Waals surface area contributed by atoms with Crippen LogP contribution in [0.25, 0.3) is 11.0 Å². The van der Waals surface area contributed by atoms with E-state index in [1.807, 2.05) is 31.2 Å².